The summed E-state index contributed by atoms with van der Waals surface area (Å²) >= 11 is 0. The van der Waals surface area contributed by atoms with E-state index in [4.69, 9.17) is 18.6 Å². The number of amides is 1. The molecule has 3 aromatic rings. The first-order chi connectivity index (χ1) is 17.9. The van der Waals surface area contributed by atoms with Crippen LogP contribution in [0.3, 0.4) is 0 Å². The highest BCUT2D eigenvalue weighted by Gasteiger charge is 2.27. The smallest absolute Gasteiger partial charge is 0.322 e. The Balaban J connectivity index is 1.51. The summed E-state index contributed by atoms with van der Waals surface area (Å²) in [4.78, 5) is 12.9. The summed E-state index contributed by atoms with van der Waals surface area (Å²) in [6.45, 7) is 7.87. The van der Waals surface area contributed by atoms with Crippen LogP contribution in [-0.2, 0) is 10.0 Å². The molecule has 0 unspecified atom stereocenters. The third kappa shape index (κ3) is 5.86. The van der Waals surface area contributed by atoms with Crippen LogP contribution in [0, 0.1) is 0 Å². The Bertz CT molecular complexity index is 1310. The lowest BCUT2D eigenvalue weighted by atomic mass is 10.2. The Morgan fingerprint density at radius 2 is 1.54 bits per heavy atom. The average Bonchev–Trinajstić information content (AvgIpc) is 3.59. The number of hydrogen-bond acceptors (Lipinski definition) is 9. The standard InChI is InChI=1S/C25H30N4O7S/c1-4-33-20-15-18(16-21(34-5-2)22(20)35-6-3)24-27-28-25(36-24)26-23(30)17-9-11-19(12-10-17)37(31,32)29-13-7-8-14-29/h9-12,15-16H,4-8,13-14H2,1-3H3,(H,26,28,30). The fraction of sp³-hybridized carbons (Fsp3) is 0.400. The number of sulfonamides is 1. The number of carbonyl (C=O) groups excluding carboxylic acids is 1. The van der Waals surface area contributed by atoms with Gasteiger partial charge in [-0.15, -0.1) is 5.10 Å². The van der Waals surface area contributed by atoms with E-state index < -0.39 is 15.9 Å². The maximum atomic E-state index is 12.7. The van der Waals surface area contributed by atoms with Gasteiger partial charge in [-0.25, -0.2) is 8.42 Å². The molecule has 0 saturated carbocycles. The van der Waals surface area contributed by atoms with Gasteiger partial charge in [0.2, 0.25) is 21.7 Å². The van der Waals surface area contributed by atoms with Crippen molar-refractivity contribution in [2.45, 2.75) is 38.5 Å². The quantitative estimate of drug-likeness (QED) is 0.391. The van der Waals surface area contributed by atoms with E-state index in [-0.39, 0.29) is 22.4 Å². The van der Waals surface area contributed by atoms with Gasteiger partial charge in [0.05, 0.1) is 24.7 Å². The Morgan fingerprint density at radius 1 is 0.946 bits per heavy atom. The Kier molecular flexibility index (Phi) is 8.29. The van der Waals surface area contributed by atoms with E-state index in [1.807, 2.05) is 20.8 Å². The molecule has 2 aromatic carbocycles. The van der Waals surface area contributed by atoms with E-state index in [9.17, 15) is 13.2 Å². The van der Waals surface area contributed by atoms with Crippen molar-refractivity contribution in [2.75, 3.05) is 38.2 Å². The van der Waals surface area contributed by atoms with Crippen LogP contribution in [0.15, 0.2) is 45.7 Å². The molecule has 1 aliphatic heterocycles. The number of nitrogens with one attached hydrogen (secondary N) is 1. The van der Waals surface area contributed by atoms with Crippen molar-refractivity contribution in [1.82, 2.24) is 14.5 Å². The molecule has 12 heteroatoms. The zero-order chi connectivity index (χ0) is 26.4. The summed E-state index contributed by atoms with van der Waals surface area (Å²) in [6.07, 6.45) is 1.70. The normalized spacial score (nSPS) is 13.9. The summed E-state index contributed by atoms with van der Waals surface area (Å²) in [6, 6.07) is 9.04. The first kappa shape index (κ1) is 26.4. The fourth-order valence-corrected chi connectivity index (χ4v) is 5.44. The van der Waals surface area contributed by atoms with Gasteiger partial charge in [-0.1, -0.05) is 5.10 Å². The van der Waals surface area contributed by atoms with Gasteiger partial charge in [0, 0.05) is 24.2 Å². The summed E-state index contributed by atoms with van der Waals surface area (Å²) in [5.74, 6) is 1.05. The van der Waals surface area contributed by atoms with Crippen molar-refractivity contribution in [3.63, 3.8) is 0 Å². The van der Waals surface area contributed by atoms with Crippen molar-refractivity contribution in [1.29, 1.82) is 0 Å². The van der Waals surface area contributed by atoms with Gasteiger partial charge in [0.25, 0.3) is 5.91 Å². The molecule has 0 bridgehead atoms. The van der Waals surface area contributed by atoms with Gasteiger partial charge < -0.3 is 18.6 Å². The first-order valence-electron chi connectivity index (χ1n) is 12.2. The second kappa shape index (κ2) is 11.6. The van der Waals surface area contributed by atoms with Crippen molar-refractivity contribution >= 4 is 21.9 Å². The van der Waals surface area contributed by atoms with E-state index in [1.54, 1.807) is 12.1 Å². The second-order valence-corrected chi connectivity index (χ2v) is 10.0. The number of carbonyl (C=O) groups is 1. The van der Waals surface area contributed by atoms with Gasteiger partial charge >= 0.3 is 6.01 Å². The highest BCUT2D eigenvalue weighted by molar-refractivity contribution is 7.89. The SMILES string of the molecule is CCOc1cc(-c2nnc(NC(=O)c3ccc(S(=O)(=O)N4CCCC4)cc3)o2)cc(OCC)c1OCC. The average molecular weight is 531 g/mol. The zero-order valence-electron chi connectivity index (χ0n) is 21.0. The van der Waals surface area contributed by atoms with Crippen LogP contribution < -0.4 is 19.5 Å². The summed E-state index contributed by atoms with van der Waals surface area (Å²) in [7, 11) is -3.56. The predicted octanol–water partition coefficient (Wildman–Crippen LogP) is 3.97. The van der Waals surface area contributed by atoms with Crippen LogP contribution in [-0.4, -0.2) is 61.7 Å². The summed E-state index contributed by atoms with van der Waals surface area (Å²) in [5, 5.41) is 10.5. The molecule has 37 heavy (non-hydrogen) atoms. The molecule has 0 aliphatic carbocycles. The summed E-state index contributed by atoms with van der Waals surface area (Å²) in [5.41, 5.74) is 0.776. The number of aromatic nitrogens is 2. The van der Waals surface area contributed by atoms with E-state index in [0.717, 1.165) is 12.8 Å². The molecule has 0 spiro atoms. The fourth-order valence-electron chi connectivity index (χ4n) is 3.93. The molecule has 0 radical (unpaired) electrons. The molecular formula is C25H30N4O7S. The Labute approximate surface area is 215 Å². The first-order valence-corrected chi connectivity index (χ1v) is 13.6. The van der Waals surface area contributed by atoms with Gasteiger partial charge in [0.15, 0.2) is 11.5 Å². The van der Waals surface area contributed by atoms with Crippen LogP contribution in [0.25, 0.3) is 11.5 Å². The van der Waals surface area contributed by atoms with Gasteiger partial charge in [-0.3, -0.25) is 10.1 Å². The van der Waals surface area contributed by atoms with E-state index in [0.29, 0.717) is 55.7 Å². The number of anilines is 1. The zero-order valence-corrected chi connectivity index (χ0v) is 21.8. The van der Waals surface area contributed by atoms with Crippen LogP contribution in [0.1, 0.15) is 44.0 Å². The highest BCUT2D eigenvalue weighted by atomic mass is 32.2. The number of rotatable bonds is 11. The van der Waals surface area contributed by atoms with Gasteiger partial charge in [0.1, 0.15) is 0 Å². The van der Waals surface area contributed by atoms with Crippen LogP contribution in [0.2, 0.25) is 0 Å². The molecule has 1 saturated heterocycles. The molecule has 1 fully saturated rings. The van der Waals surface area contributed by atoms with Crippen LogP contribution in [0.5, 0.6) is 17.2 Å². The molecular weight excluding hydrogens is 500 g/mol. The molecule has 198 valence electrons. The molecule has 0 atom stereocenters. The predicted molar refractivity (Wildman–Crippen MR) is 136 cm³/mol. The third-order valence-corrected chi connectivity index (χ3v) is 7.53. The van der Waals surface area contributed by atoms with Crippen molar-refractivity contribution in [3.05, 3.63) is 42.0 Å². The lowest BCUT2D eigenvalue weighted by Crippen LogP contribution is -2.27. The minimum atomic E-state index is -3.56. The van der Waals surface area contributed by atoms with Crippen LogP contribution in [0.4, 0.5) is 6.01 Å². The number of hydrogen-bond donors (Lipinski definition) is 1. The van der Waals surface area contributed by atoms with Gasteiger partial charge in [-0.2, -0.15) is 4.31 Å². The second-order valence-electron chi connectivity index (χ2n) is 8.10. The minimum Gasteiger partial charge on any atom is -0.490 e. The maximum Gasteiger partial charge on any atom is 0.322 e. The van der Waals surface area contributed by atoms with E-state index in [2.05, 4.69) is 15.5 Å². The lowest BCUT2D eigenvalue weighted by Gasteiger charge is -2.16. The van der Waals surface area contributed by atoms with Crippen molar-refractivity contribution in [2.24, 2.45) is 0 Å². The van der Waals surface area contributed by atoms with E-state index >= 15 is 0 Å². The topological polar surface area (TPSA) is 133 Å². The molecule has 2 heterocycles. The Morgan fingerprint density at radius 3 is 2.11 bits per heavy atom. The van der Waals surface area contributed by atoms with Crippen molar-refractivity contribution in [3.8, 4) is 28.7 Å². The molecule has 4 rings (SSSR count). The number of nitrogens with zero attached hydrogens (tertiary/aromatic N) is 3. The largest absolute Gasteiger partial charge is 0.490 e. The maximum absolute atomic E-state index is 12.7. The molecule has 1 amide bonds. The molecule has 1 aliphatic rings. The van der Waals surface area contributed by atoms with Crippen LogP contribution >= 0.6 is 0 Å². The Hall–Kier alpha value is -3.64. The summed E-state index contributed by atoms with van der Waals surface area (Å²) < 4.78 is 49.7. The van der Waals surface area contributed by atoms with Crippen molar-refractivity contribution < 1.29 is 31.8 Å². The molecule has 11 nitrogen and oxygen atoms in total. The molecule has 1 N–H and O–H groups in total. The lowest BCUT2D eigenvalue weighted by molar-refractivity contribution is 0.102. The highest BCUT2D eigenvalue weighted by Crippen LogP contribution is 2.41. The van der Waals surface area contributed by atoms with Gasteiger partial charge in [-0.05, 0) is 70.0 Å². The van der Waals surface area contributed by atoms with E-state index in [1.165, 1.54) is 28.6 Å². The minimum absolute atomic E-state index is 0.112. The monoisotopic (exact) mass is 530 g/mol. The molecule has 1 aromatic heterocycles. The number of benzene rings is 2. The third-order valence-electron chi connectivity index (χ3n) is 5.62. The number of ether oxygens (including phenoxy) is 3.